The number of nitrogens with zero attached hydrogens (tertiary/aromatic N) is 1. The van der Waals surface area contributed by atoms with E-state index < -0.39 is 5.41 Å². The number of hydrogen-bond donors (Lipinski definition) is 0. The minimum absolute atomic E-state index is 0.177. The van der Waals surface area contributed by atoms with Crippen molar-refractivity contribution >= 4 is 27.8 Å². The van der Waals surface area contributed by atoms with Crippen LogP contribution in [0.1, 0.15) is 47.2 Å². The summed E-state index contributed by atoms with van der Waals surface area (Å²) in [7, 11) is 0. The first-order valence-corrected chi connectivity index (χ1v) is 18.2. The van der Waals surface area contributed by atoms with Crippen molar-refractivity contribution in [3.8, 4) is 33.8 Å². The van der Waals surface area contributed by atoms with E-state index in [1.807, 2.05) is 0 Å². The minimum atomic E-state index is -0.577. The number of benzene rings is 8. The molecule has 8 aromatic rings. The first-order valence-electron chi connectivity index (χ1n) is 18.2. The van der Waals surface area contributed by atoms with Gasteiger partial charge >= 0.3 is 0 Å². The molecule has 2 heteroatoms. The Morgan fingerprint density at radius 1 is 0.442 bits per heavy atom. The molecule has 0 saturated heterocycles. The molecule has 1 atom stereocenters. The quantitative estimate of drug-likeness (QED) is 0.186. The van der Waals surface area contributed by atoms with Crippen molar-refractivity contribution < 1.29 is 4.74 Å². The molecule has 11 rings (SSSR count). The first kappa shape index (κ1) is 29.4. The Balaban J connectivity index is 1.23. The van der Waals surface area contributed by atoms with Crippen molar-refractivity contribution in [1.82, 2.24) is 0 Å². The highest BCUT2D eigenvalue weighted by molar-refractivity contribution is 5.97. The van der Waals surface area contributed by atoms with Crippen LogP contribution in [0.15, 0.2) is 176 Å². The third-order valence-electron chi connectivity index (χ3n) is 11.9. The van der Waals surface area contributed by atoms with Gasteiger partial charge in [0.1, 0.15) is 11.5 Å². The summed E-state index contributed by atoms with van der Waals surface area (Å²) in [4.78, 5) is 2.48. The summed E-state index contributed by atoms with van der Waals surface area (Å²) in [6.45, 7) is 4.75. The summed E-state index contributed by atoms with van der Waals surface area (Å²) >= 11 is 0. The van der Waals surface area contributed by atoms with Crippen LogP contribution in [0.4, 0.5) is 17.1 Å². The highest BCUT2D eigenvalue weighted by Crippen LogP contribution is 2.64. The summed E-state index contributed by atoms with van der Waals surface area (Å²) < 4.78 is 6.92. The fourth-order valence-corrected chi connectivity index (χ4v) is 9.77. The van der Waals surface area contributed by atoms with Crippen molar-refractivity contribution in [3.05, 3.63) is 209 Å². The first-order chi connectivity index (χ1) is 25.6. The predicted octanol–water partition coefficient (Wildman–Crippen LogP) is 13.1. The predicted molar refractivity (Wildman–Crippen MR) is 214 cm³/mol. The van der Waals surface area contributed by atoms with E-state index in [0.29, 0.717) is 0 Å². The Kier molecular flexibility index (Phi) is 5.97. The molecule has 0 fully saturated rings. The van der Waals surface area contributed by atoms with Crippen molar-refractivity contribution in [3.63, 3.8) is 0 Å². The van der Waals surface area contributed by atoms with Crippen LogP contribution >= 0.6 is 0 Å². The zero-order chi connectivity index (χ0) is 34.6. The summed E-state index contributed by atoms with van der Waals surface area (Å²) in [6.07, 6.45) is 0. The zero-order valence-electron chi connectivity index (χ0n) is 29.1. The summed E-state index contributed by atoms with van der Waals surface area (Å²) in [5, 5.41) is 2.30. The Hall–Kier alpha value is -6.38. The lowest BCUT2D eigenvalue weighted by Crippen LogP contribution is -2.32. The smallest absolute Gasteiger partial charge is 0.140 e. The second-order valence-corrected chi connectivity index (χ2v) is 14.8. The Morgan fingerprint density at radius 3 is 1.94 bits per heavy atom. The molecule has 1 aliphatic heterocycles. The molecule has 246 valence electrons. The van der Waals surface area contributed by atoms with Gasteiger partial charge in [-0.25, -0.2) is 0 Å². The molecule has 2 aliphatic carbocycles. The second-order valence-electron chi connectivity index (χ2n) is 14.8. The Labute approximate surface area is 304 Å². The fourth-order valence-electron chi connectivity index (χ4n) is 9.77. The average molecular weight is 666 g/mol. The Bertz CT molecular complexity index is 2760. The number of para-hydroxylation sites is 2. The van der Waals surface area contributed by atoms with Crippen LogP contribution in [0, 0.1) is 0 Å². The highest BCUT2D eigenvalue weighted by Gasteiger charge is 2.51. The maximum atomic E-state index is 6.92. The standard InChI is InChI=1S/C50H35NO/c1-49(2)40-22-10-8-20-37(40)39-21-14-25-45(47(39)49)51(33-16-4-3-5-17-33)34-28-29-38-36-19-9-11-23-41(36)50(44(38)31-34)42-24-12-13-26-46(42)52-48-35-18-7-6-15-32(35)27-30-43(48)50/h3-31H,1-2H3. The van der Waals surface area contributed by atoms with Crippen molar-refractivity contribution in [2.45, 2.75) is 24.7 Å². The lowest BCUT2D eigenvalue weighted by atomic mass is 9.65. The van der Waals surface area contributed by atoms with Gasteiger partial charge in [0.15, 0.2) is 0 Å². The van der Waals surface area contributed by atoms with Crippen LogP contribution in [0.3, 0.4) is 0 Å². The molecule has 0 aromatic heterocycles. The SMILES string of the molecule is CC1(C)c2ccccc2-c2cccc(N(c3ccccc3)c3ccc4c(c3)C3(c5ccccc5Oc5c3ccc3ccccc53)c3ccccc3-4)c21. The molecule has 0 saturated carbocycles. The van der Waals surface area contributed by atoms with Gasteiger partial charge in [-0.3, -0.25) is 0 Å². The van der Waals surface area contributed by atoms with Gasteiger partial charge in [0, 0.05) is 33.3 Å². The van der Waals surface area contributed by atoms with E-state index in [1.54, 1.807) is 0 Å². The number of rotatable bonds is 3. The molecular formula is C50H35NO. The minimum Gasteiger partial charge on any atom is -0.456 e. The van der Waals surface area contributed by atoms with Gasteiger partial charge in [0.2, 0.25) is 0 Å². The van der Waals surface area contributed by atoms with E-state index in [9.17, 15) is 0 Å². The second kappa shape index (κ2) is 10.6. The molecule has 0 bridgehead atoms. The van der Waals surface area contributed by atoms with Crippen LogP contribution in [0.2, 0.25) is 0 Å². The van der Waals surface area contributed by atoms with E-state index in [-0.39, 0.29) is 5.41 Å². The summed E-state index contributed by atoms with van der Waals surface area (Å²) in [6, 6.07) is 64.5. The maximum absolute atomic E-state index is 6.92. The monoisotopic (exact) mass is 665 g/mol. The molecule has 2 nitrogen and oxygen atoms in total. The molecule has 8 aromatic carbocycles. The van der Waals surface area contributed by atoms with Gasteiger partial charge in [-0.05, 0) is 86.3 Å². The van der Waals surface area contributed by atoms with Crippen LogP contribution in [-0.4, -0.2) is 0 Å². The number of fused-ring (bicyclic) bond motifs is 14. The van der Waals surface area contributed by atoms with Crippen LogP contribution in [-0.2, 0) is 10.8 Å². The average Bonchev–Trinajstić information content (AvgIpc) is 3.61. The molecule has 0 N–H and O–H groups in total. The fraction of sp³-hybridized carbons (Fsp3) is 0.0800. The topological polar surface area (TPSA) is 12.5 Å². The molecular weight excluding hydrogens is 631 g/mol. The van der Waals surface area contributed by atoms with E-state index in [0.717, 1.165) is 28.3 Å². The third kappa shape index (κ3) is 3.74. The van der Waals surface area contributed by atoms with Gasteiger partial charge in [-0.1, -0.05) is 153 Å². The normalized spacial score (nSPS) is 16.7. The lowest BCUT2D eigenvalue weighted by molar-refractivity contribution is 0.441. The van der Waals surface area contributed by atoms with Crippen molar-refractivity contribution in [2.24, 2.45) is 0 Å². The molecule has 3 aliphatic rings. The van der Waals surface area contributed by atoms with Gasteiger partial charge in [-0.15, -0.1) is 0 Å². The van der Waals surface area contributed by atoms with Crippen molar-refractivity contribution in [2.75, 3.05) is 4.90 Å². The van der Waals surface area contributed by atoms with Crippen LogP contribution in [0.25, 0.3) is 33.0 Å². The van der Waals surface area contributed by atoms with Crippen molar-refractivity contribution in [1.29, 1.82) is 0 Å². The van der Waals surface area contributed by atoms with Crippen LogP contribution in [0.5, 0.6) is 11.5 Å². The van der Waals surface area contributed by atoms with E-state index in [1.165, 1.54) is 66.7 Å². The molecule has 1 heterocycles. The van der Waals surface area contributed by atoms with Gasteiger partial charge in [-0.2, -0.15) is 0 Å². The van der Waals surface area contributed by atoms with E-state index in [4.69, 9.17) is 4.74 Å². The zero-order valence-corrected chi connectivity index (χ0v) is 29.1. The van der Waals surface area contributed by atoms with Gasteiger partial charge in [0.05, 0.1) is 11.1 Å². The maximum Gasteiger partial charge on any atom is 0.140 e. The van der Waals surface area contributed by atoms with E-state index >= 15 is 0 Å². The molecule has 1 spiro atoms. The number of anilines is 3. The number of hydrogen-bond acceptors (Lipinski definition) is 2. The van der Waals surface area contributed by atoms with Crippen LogP contribution < -0.4 is 9.64 Å². The highest BCUT2D eigenvalue weighted by atomic mass is 16.5. The Morgan fingerprint density at radius 2 is 1.10 bits per heavy atom. The van der Waals surface area contributed by atoms with Gasteiger partial charge < -0.3 is 9.64 Å². The molecule has 0 radical (unpaired) electrons. The molecule has 0 amide bonds. The summed E-state index contributed by atoms with van der Waals surface area (Å²) in [5.74, 6) is 1.84. The largest absolute Gasteiger partial charge is 0.456 e. The summed E-state index contributed by atoms with van der Waals surface area (Å²) in [5.41, 5.74) is 15.5. The lowest BCUT2D eigenvalue weighted by Gasteiger charge is -2.40. The number of ether oxygens (including phenoxy) is 1. The van der Waals surface area contributed by atoms with Gasteiger partial charge in [0.25, 0.3) is 0 Å². The molecule has 52 heavy (non-hydrogen) atoms. The third-order valence-corrected chi connectivity index (χ3v) is 11.9. The van der Waals surface area contributed by atoms with E-state index in [2.05, 4.69) is 195 Å². The molecule has 1 unspecified atom stereocenters.